The van der Waals surface area contributed by atoms with Crippen molar-refractivity contribution >= 4 is 18.0 Å². The summed E-state index contributed by atoms with van der Waals surface area (Å²) in [5.74, 6) is -1.44. The fraction of sp³-hybridized carbons (Fsp3) is 0.423. The smallest absolute Gasteiger partial charge is 0.407 e. The van der Waals surface area contributed by atoms with Crippen molar-refractivity contribution in [2.45, 2.75) is 38.6 Å². The van der Waals surface area contributed by atoms with Crippen molar-refractivity contribution in [1.82, 2.24) is 10.6 Å². The van der Waals surface area contributed by atoms with Crippen LogP contribution in [0.5, 0.6) is 0 Å². The molecule has 174 valence electrons. The van der Waals surface area contributed by atoms with Gasteiger partial charge in [0.15, 0.2) is 0 Å². The summed E-state index contributed by atoms with van der Waals surface area (Å²) in [4.78, 5) is 36.3. The van der Waals surface area contributed by atoms with Crippen LogP contribution in [0.2, 0.25) is 0 Å². The molecule has 3 atom stereocenters. The van der Waals surface area contributed by atoms with Crippen LogP contribution >= 0.6 is 0 Å². The number of amides is 2. The van der Waals surface area contributed by atoms with Gasteiger partial charge in [-0.05, 0) is 46.9 Å². The number of rotatable bonds is 9. The third kappa shape index (κ3) is 5.18. The average Bonchev–Trinajstić information content (AvgIpc) is 3.51. The minimum atomic E-state index is -0.829. The number of carboxylic acid groups (broad SMARTS) is 1. The first kappa shape index (κ1) is 22.8. The zero-order chi connectivity index (χ0) is 23.5. The lowest BCUT2D eigenvalue weighted by atomic mass is 9.98. The fourth-order valence-electron chi connectivity index (χ4n) is 4.62. The molecule has 4 rings (SSSR count). The van der Waals surface area contributed by atoms with E-state index in [0.29, 0.717) is 19.4 Å². The number of carbonyl (C=O) groups excluding carboxylic acids is 2. The van der Waals surface area contributed by atoms with E-state index < -0.39 is 18.1 Å². The molecule has 0 bridgehead atoms. The van der Waals surface area contributed by atoms with Crippen molar-refractivity contribution in [2.24, 2.45) is 17.8 Å². The zero-order valence-corrected chi connectivity index (χ0v) is 18.9. The molecule has 0 spiro atoms. The van der Waals surface area contributed by atoms with Gasteiger partial charge in [0.1, 0.15) is 12.6 Å². The average molecular weight is 451 g/mol. The summed E-state index contributed by atoms with van der Waals surface area (Å²) in [6.07, 6.45) is 0.403. The first-order chi connectivity index (χ1) is 15.8. The number of nitrogens with one attached hydrogen (secondary N) is 2. The highest BCUT2D eigenvalue weighted by atomic mass is 16.5. The number of ether oxygens (including phenoxy) is 1. The summed E-state index contributed by atoms with van der Waals surface area (Å²) in [6, 6.07) is 15.5. The molecule has 2 aliphatic carbocycles. The topological polar surface area (TPSA) is 105 Å². The van der Waals surface area contributed by atoms with Gasteiger partial charge in [0.05, 0.1) is 5.92 Å². The maximum absolute atomic E-state index is 12.7. The standard InChI is InChI=1S/C26H30N2O5/c1-15(2)11-23(24(29)27-13-16-12-21(16)25(30)31)28-26(32)33-14-22-19-9-5-3-7-17(19)18-8-4-6-10-20(18)22/h3-10,15-16,21-23H,11-14H2,1-2H3,(H,27,29)(H,28,32)(H,30,31)/t16-,21-,23+/m0/s1. The molecule has 1 fully saturated rings. The van der Waals surface area contributed by atoms with Crippen LogP contribution in [-0.4, -0.2) is 42.3 Å². The molecule has 1 saturated carbocycles. The number of benzene rings is 2. The second-order valence-corrected chi connectivity index (χ2v) is 9.34. The minimum Gasteiger partial charge on any atom is -0.481 e. The van der Waals surface area contributed by atoms with Crippen molar-refractivity contribution in [2.75, 3.05) is 13.2 Å². The van der Waals surface area contributed by atoms with E-state index in [0.717, 1.165) is 22.3 Å². The van der Waals surface area contributed by atoms with Crippen LogP contribution in [0.1, 0.15) is 43.7 Å². The number of aliphatic carboxylic acids is 1. The highest BCUT2D eigenvalue weighted by molar-refractivity contribution is 5.86. The van der Waals surface area contributed by atoms with E-state index in [-0.39, 0.29) is 36.2 Å². The summed E-state index contributed by atoms with van der Waals surface area (Å²) < 4.78 is 5.58. The van der Waals surface area contributed by atoms with Crippen LogP contribution in [0.4, 0.5) is 4.79 Å². The normalized spacial score (nSPS) is 19.4. The Labute approximate surface area is 193 Å². The van der Waals surface area contributed by atoms with Crippen LogP contribution in [-0.2, 0) is 14.3 Å². The van der Waals surface area contributed by atoms with Gasteiger partial charge in [0.25, 0.3) is 0 Å². The molecule has 7 nitrogen and oxygen atoms in total. The molecule has 0 saturated heterocycles. The van der Waals surface area contributed by atoms with Gasteiger partial charge in [0, 0.05) is 12.5 Å². The number of alkyl carbamates (subject to hydrolysis) is 1. The van der Waals surface area contributed by atoms with Crippen LogP contribution in [0, 0.1) is 17.8 Å². The summed E-state index contributed by atoms with van der Waals surface area (Å²) in [5, 5.41) is 14.5. The Hall–Kier alpha value is -3.35. The van der Waals surface area contributed by atoms with Gasteiger partial charge >= 0.3 is 12.1 Å². The quantitative estimate of drug-likeness (QED) is 0.539. The van der Waals surface area contributed by atoms with E-state index in [1.54, 1.807) is 0 Å². The molecule has 0 aliphatic heterocycles. The molecule has 2 amide bonds. The number of carboxylic acids is 1. The second-order valence-electron chi connectivity index (χ2n) is 9.34. The van der Waals surface area contributed by atoms with Crippen molar-refractivity contribution in [3.05, 3.63) is 59.7 Å². The van der Waals surface area contributed by atoms with Crippen LogP contribution < -0.4 is 10.6 Å². The predicted octanol–water partition coefficient (Wildman–Crippen LogP) is 3.78. The molecule has 2 aliphatic rings. The van der Waals surface area contributed by atoms with Crippen LogP contribution in [0.15, 0.2) is 48.5 Å². The van der Waals surface area contributed by atoms with Gasteiger partial charge in [-0.15, -0.1) is 0 Å². The maximum Gasteiger partial charge on any atom is 0.407 e. The van der Waals surface area contributed by atoms with Gasteiger partial charge in [-0.1, -0.05) is 62.4 Å². The highest BCUT2D eigenvalue weighted by Gasteiger charge is 2.43. The summed E-state index contributed by atoms with van der Waals surface area (Å²) in [5.41, 5.74) is 4.55. The number of hydrogen-bond acceptors (Lipinski definition) is 4. The molecule has 0 unspecified atom stereocenters. The molecule has 33 heavy (non-hydrogen) atoms. The Morgan fingerprint density at radius 1 is 1.03 bits per heavy atom. The van der Waals surface area contributed by atoms with E-state index in [1.807, 2.05) is 38.1 Å². The summed E-state index contributed by atoms with van der Waals surface area (Å²) in [6.45, 7) is 4.43. The monoisotopic (exact) mass is 450 g/mol. The first-order valence-electron chi connectivity index (χ1n) is 11.5. The lowest BCUT2D eigenvalue weighted by molar-refractivity contribution is -0.139. The Morgan fingerprint density at radius 2 is 1.64 bits per heavy atom. The van der Waals surface area contributed by atoms with Crippen molar-refractivity contribution in [3.63, 3.8) is 0 Å². The lowest BCUT2D eigenvalue weighted by Crippen LogP contribution is -2.48. The molecular weight excluding hydrogens is 420 g/mol. The van der Waals surface area contributed by atoms with Gasteiger partial charge in [-0.3, -0.25) is 9.59 Å². The maximum atomic E-state index is 12.7. The van der Waals surface area contributed by atoms with E-state index in [2.05, 4.69) is 34.9 Å². The minimum absolute atomic E-state index is 0.0411. The highest BCUT2D eigenvalue weighted by Crippen LogP contribution is 2.44. The number of fused-ring (bicyclic) bond motifs is 3. The summed E-state index contributed by atoms with van der Waals surface area (Å²) in [7, 11) is 0. The van der Waals surface area contributed by atoms with Gasteiger partial charge in [-0.25, -0.2) is 4.79 Å². The molecule has 3 N–H and O–H groups in total. The molecule has 2 aromatic rings. The third-order valence-electron chi connectivity index (χ3n) is 6.44. The van der Waals surface area contributed by atoms with Gasteiger partial charge < -0.3 is 20.5 Å². The van der Waals surface area contributed by atoms with Gasteiger partial charge in [0.2, 0.25) is 5.91 Å². The van der Waals surface area contributed by atoms with Crippen LogP contribution in [0.25, 0.3) is 11.1 Å². The van der Waals surface area contributed by atoms with E-state index in [9.17, 15) is 14.4 Å². The molecule has 0 heterocycles. The Morgan fingerprint density at radius 3 is 2.18 bits per heavy atom. The van der Waals surface area contributed by atoms with Crippen molar-refractivity contribution in [3.8, 4) is 11.1 Å². The largest absolute Gasteiger partial charge is 0.481 e. The molecule has 0 aromatic heterocycles. The van der Waals surface area contributed by atoms with Crippen molar-refractivity contribution < 1.29 is 24.2 Å². The van der Waals surface area contributed by atoms with E-state index >= 15 is 0 Å². The van der Waals surface area contributed by atoms with Crippen molar-refractivity contribution in [1.29, 1.82) is 0 Å². The fourth-order valence-corrected chi connectivity index (χ4v) is 4.62. The molecule has 0 radical (unpaired) electrons. The first-order valence-corrected chi connectivity index (χ1v) is 11.5. The molecular formula is C26H30N2O5. The Balaban J connectivity index is 1.35. The summed E-state index contributed by atoms with van der Waals surface area (Å²) >= 11 is 0. The molecule has 7 heteroatoms. The Bertz CT molecular complexity index is 1000. The lowest BCUT2D eigenvalue weighted by Gasteiger charge is -2.21. The third-order valence-corrected chi connectivity index (χ3v) is 6.44. The van der Waals surface area contributed by atoms with E-state index in [4.69, 9.17) is 9.84 Å². The molecule has 2 aromatic carbocycles. The number of hydrogen-bond donors (Lipinski definition) is 3. The zero-order valence-electron chi connectivity index (χ0n) is 18.9. The second kappa shape index (κ2) is 9.65. The van der Waals surface area contributed by atoms with E-state index in [1.165, 1.54) is 0 Å². The SMILES string of the molecule is CC(C)C[C@@H](NC(=O)OCC1c2ccccc2-c2ccccc21)C(=O)NC[C@@H]1C[C@@H]1C(=O)O. The predicted molar refractivity (Wildman–Crippen MR) is 124 cm³/mol. The Kier molecular flexibility index (Phi) is 6.67. The van der Waals surface area contributed by atoms with Crippen LogP contribution in [0.3, 0.4) is 0 Å². The van der Waals surface area contributed by atoms with Gasteiger partial charge in [-0.2, -0.15) is 0 Å². The number of carbonyl (C=O) groups is 3.